The summed E-state index contributed by atoms with van der Waals surface area (Å²) < 4.78 is 48.5. The van der Waals surface area contributed by atoms with Crippen molar-refractivity contribution in [1.29, 1.82) is 0 Å². The molecule has 1 aliphatic carbocycles. The number of ether oxygens (including phenoxy) is 2. The third-order valence-electron chi connectivity index (χ3n) is 3.49. The Bertz CT molecular complexity index is 504. The SMILES string of the molecule is COc1cc([Se]C(F)(F)F)c(OC)cc1CCNCC1CC1. The van der Waals surface area contributed by atoms with Crippen LogP contribution < -0.4 is 19.3 Å². The van der Waals surface area contributed by atoms with Gasteiger partial charge in [0.2, 0.25) is 0 Å². The number of alkyl halides is 3. The van der Waals surface area contributed by atoms with Crippen molar-refractivity contribution in [2.75, 3.05) is 27.3 Å². The van der Waals surface area contributed by atoms with E-state index >= 15 is 0 Å². The molecular formula is C15H20F3NO2Se. The van der Waals surface area contributed by atoms with Gasteiger partial charge in [-0.2, -0.15) is 0 Å². The van der Waals surface area contributed by atoms with Crippen molar-refractivity contribution in [1.82, 2.24) is 5.32 Å². The van der Waals surface area contributed by atoms with Gasteiger partial charge in [0.25, 0.3) is 0 Å². The van der Waals surface area contributed by atoms with Gasteiger partial charge in [-0.25, -0.2) is 0 Å². The molecule has 0 atom stereocenters. The Hall–Kier alpha value is -0.911. The van der Waals surface area contributed by atoms with Crippen LogP contribution in [-0.2, 0) is 6.42 Å². The van der Waals surface area contributed by atoms with Crippen LogP contribution in [0.25, 0.3) is 0 Å². The summed E-state index contributed by atoms with van der Waals surface area (Å²) >= 11 is -1.64. The van der Waals surface area contributed by atoms with Crippen LogP contribution in [0.2, 0.25) is 0 Å². The van der Waals surface area contributed by atoms with E-state index in [2.05, 4.69) is 5.32 Å². The number of halogens is 3. The zero-order valence-corrected chi connectivity index (χ0v) is 14.3. The van der Waals surface area contributed by atoms with Crippen molar-refractivity contribution in [3.8, 4) is 11.5 Å². The van der Waals surface area contributed by atoms with Crippen LogP contribution in [0.3, 0.4) is 0 Å². The molecule has 1 aromatic carbocycles. The number of rotatable bonds is 8. The molecule has 0 unspecified atom stereocenters. The van der Waals surface area contributed by atoms with Gasteiger partial charge < -0.3 is 0 Å². The molecule has 2 rings (SSSR count). The van der Waals surface area contributed by atoms with Gasteiger partial charge in [0, 0.05) is 0 Å². The van der Waals surface area contributed by atoms with E-state index in [1.54, 1.807) is 6.07 Å². The normalized spacial score (nSPS) is 15.0. The fourth-order valence-electron chi connectivity index (χ4n) is 2.18. The Morgan fingerprint density at radius 2 is 1.86 bits per heavy atom. The molecule has 0 bridgehead atoms. The Labute approximate surface area is 134 Å². The number of nitrogens with one attached hydrogen (secondary N) is 1. The van der Waals surface area contributed by atoms with Gasteiger partial charge in [-0.05, 0) is 0 Å². The van der Waals surface area contributed by atoms with Crippen molar-refractivity contribution < 1.29 is 22.6 Å². The second-order valence-electron chi connectivity index (χ2n) is 5.26. The summed E-state index contributed by atoms with van der Waals surface area (Å²) in [6.07, 6.45) is 3.28. The Morgan fingerprint density at radius 3 is 2.41 bits per heavy atom. The number of hydrogen-bond acceptors (Lipinski definition) is 3. The van der Waals surface area contributed by atoms with E-state index in [-0.39, 0.29) is 10.2 Å². The van der Waals surface area contributed by atoms with Crippen LogP contribution in [0.15, 0.2) is 12.1 Å². The molecule has 0 amide bonds. The van der Waals surface area contributed by atoms with E-state index in [4.69, 9.17) is 9.47 Å². The van der Waals surface area contributed by atoms with Crippen molar-refractivity contribution >= 4 is 19.4 Å². The summed E-state index contributed by atoms with van der Waals surface area (Å²) in [7, 11) is 2.88. The molecule has 1 saturated carbocycles. The van der Waals surface area contributed by atoms with E-state index in [0.717, 1.165) is 24.6 Å². The van der Waals surface area contributed by atoms with Crippen LogP contribution in [0.5, 0.6) is 11.5 Å². The quantitative estimate of drug-likeness (QED) is 0.552. The predicted octanol–water partition coefficient (Wildman–Crippen LogP) is 2.10. The van der Waals surface area contributed by atoms with Crippen LogP contribution >= 0.6 is 0 Å². The van der Waals surface area contributed by atoms with Crippen LogP contribution in [0, 0.1) is 5.92 Å². The van der Waals surface area contributed by atoms with Crippen LogP contribution in [0.1, 0.15) is 18.4 Å². The zero-order valence-electron chi connectivity index (χ0n) is 12.6. The predicted molar refractivity (Wildman–Crippen MR) is 80.3 cm³/mol. The number of methoxy groups -OCH3 is 2. The molecule has 1 aromatic rings. The van der Waals surface area contributed by atoms with Gasteiger partial charge >= 0.3 is 134 Å². The molecule has 124 valence electrons. The summed E-state index contributed by atoms with van der Waals surface area (Å²) in [4.78, 5) is 0. The first-order valence-corrected chi connectivity index (χ1v) is 8.85. The number of benzene rings is 1. The molecule has 0 radical (unpaired) electrons. The second kappa shape index (κ2) is 7.57. The summed E-state index contributed by atoms with van der Waals surface area (Å²) in [6, 6.07) is 3.13. The standard InChI is InChI=1S/C15H20F3NO2Se/c1-20-12-8-14(22-15(16,17)18)13(21-2)7-11(12)5-6-19-9-10-3-4-10/h7-8,10,19H,3-6,9H2,1-2H3. The minimum atomic E-state index is -4.21. The van der Waals surface area contributed by atoms with Crippen LogP contribution in [-0.4, -0.2) is 47.3 Å². The monoisotopic (exact) mass is 383 g/mol. The molecule has 1 fully saturated rings. The van der Waals surface area contributed by atoms with Gasteiger partial charge in [-0.3, -0.25) is 0 Å². The summed E-state index contributed by atoms with van der Waals surface area (Å²) in [5.41, 5.74) is 0.865. The van der Waals surface area contributed by atoms with Gasteiger partial charge in [0.15, 0.2) is 0 Å². The summed E-state index contributed by atoms with van der Waals surface area (Å²) in [5.74, 6) is 1.58. The fourth-order valence-corrected chi connectivity index (χ4v) is 3.56. The Morgan fingerprint density at radius 1 is 1.18 bits per heavy atom. The maximum absolute atomic E-state index is 12.6. The molecule has 0 spiro atoms. The first-order chi connectivity index (χ1) is 10.4. The average Bonchev–Trinajstić information content (AvgIpc) is 3.26. The molecule has 3 nitrogen and oxygen atoms in total. The molecule has 1 N–H and O–H groups in total. The molecular weight excluding hydrogens is 362 g/mol. The van der Waals surface area contributed by atoms with Crippen molar-refractivity contribution in [2.24, 2.45) is 5.92 Å². The van der Waals surface area contributed by atoms with Gasteiger partial charge in [0.05, 0.1) is 0 Å². The van der Waals surface area contributed by atoms with Crippen molar-refractivity contribution in [2.45, 2.75) is 24.3 Å². The molecule has 0 heterocycles. The van der Waals surface area contributed by atoms with Gasteiger partial charge in [-0.15, -0.1) is 0 Å². The topological polar surface area (TPSA) is 30.5 Å². The third kappa shape index (κ3) is 5.38. The zero-order chi connectivity index (χ0) is 16.2. The second-order valence-corrected chi connectivity index (χ2v) is 7.58. The number of hydrogen-bond donors (Lipinski definition) is 1. The molecule has 1 aliphatic rings. The van der Waals surface area contributed by atoms with E-state index in [1.165, 1.54) is 33.1 Å². The van der Waals surface area contributed by atoms with E-state index in [0.29, 0.717) is 12.2 Å². The van der Waals surface area contributed by atoms with Gasteiger partial charge in [-0.1, -0.05) is 0 Å². The van der Waals surface area contributed by atoms with Crippen LogP contribution in [0.4, 0.5) is 13.2 Å². The Kier molecular flexibility index (Phi) is 6.01. The van der Waals surface area contributed by atoms with Crippen molar-refractivity contribution in [3.63, 3.8) is 0 Å². The summed E-state index contributed by atoms with van der Waals surface area (Å²) in [6.45, 7) is 1.79. The molecule has 22 heavy (non-hydrogen) atoms. The van der Waals surface area contributed by atoms with E-state index < -0.39 is 20.0 Å². The van der Waals surface area contributed by atoms with Crippen molar-refractivity contribution in [3.05, 3.63) is 17.7 Å². The van der Waals surface area contributed by atoms with Gasteiger partial charge in [0.1, 0.15) is 0 Å². The van der Waals surface area contributed by atoms with E-state index in [1.807, 2.05) is 0 Å². The molecule has 0 aliphatic heterocycles. The molecule has 0 saturated heterocycles. The fraction of sp³-hybridized carbons (Fsp3) is 0.600. The summed E-state index contributed by atoms with van der Waals surface area (Å²) in [5, 5.41) is -0.845. The Balaban J connectivity index is 2.07. The van der Waals surface area contributed by atoms with E-state index in [9.17, 15) is 13.2 Å². The maximum atomic E-state index is 12.6. The average molecular weight is 382 g/mol. The first-order valence-electron chi connectivity index (χ1n) is 7.14. The first kappa shape index (κ1) is 17.4. The molecule has 7 heteroatoms. The third-order valence-corrected chi connectivity index (χ3v) is 5.11. The molecule has 0 aromatic heterocycles. The minimum absolute atomic E-state index is 0.161.